The number of rotatable bonds is 3. The number of aromatic nitrogens is 1. The van der Waals surface area contributed by atoms with Crippen LogP contribution in [0.4, 0.5) is 5.69 Å². The van der Waals surface area contributed by atoms with E-state index in [1.54, 1.807) is 12.1 Å². The fraction of sp³-hybridized carbons (Fsp3) is 0.130. The minimum atomic E-state index is -0.185. The lowest BCUT2D eigenvalue weighted by atomic mass is 10.1. The lowest BCUT2D eigenvalue weighted by Crippen LogP contribution is -2.21. The Morgan fingerprint density at radius 2 is 1.71 bits per heavy atom. The lowest BCUT2D eigenvalue weighted by molar-refractivity contribution is -0.116. The fourth-order valence-corrected chi connectivity index (χ4v) is 3.61. The first-order valence-electron chi connectivity index (χ1n) is 9.02. The van der Waals surface area contributed by atoms with Crippen molar-refractivity contribution in [3.05, 3.63) is 87.0 Å². The summed E-state index contributed by atoms with van der Waals surface area (Å²) in [5.74, 6) is -0.185. The zero-order valence-electron chi connectivity index (χ0n) is 15.6. The van der Waals surface area contributed by atoms with Crippen molar-refractivity contribution in [1.82, 2.24) is 4.57 Å². The van der Waals surface area contributed by atoms with Crippen LogP contribution in [-0.4, -0.2) is 10.5 Å². The second-order valence-corrected chi connectivity index (χ2v) is 7.37. The monoisotopic (exact) mass is 390 g/mol. The Hall–Kier alpha value is -3.11. The van der Waals surface area contributed by atoms with Gasteiger partial charge in [-0.3, -0.25) is 9.59 Å². The molecule has 0 atom stereocenters. The van der Waals surface area contributed by atoms with Crippen LogP contribution in [0.25, 0.3) is 21.8 Å². The topological polar surface area (TPSA) is 51.1 Å². The van der Waals surface area contributed by atoms with Crippen LogP contribution in [0.1, 0.15) is 11.1 Å². The molecule has 0 unspecified atom stereocenters. The molecule has 1 aromatic heterocycles. The highest BCUT2D eigenvalue weighted by Gasteiger charge is 2.13. The van der Waals surface area contributed by atoms with E-state index in [1.165, 1.54) is 0 Å². The van der Waals surface area contributed by atoms with E-state index in [4.69, 9.17) is 11.6 Å². The summed E-state index contributed by atoms with van der Waals surface area (Å²) < 4.78 is 1.89. The zero-order valence-corrected chi connectivity index (χ0v) is 16.4. The molecule has 1 heterocycles. The summed E-state index contributed by atoms with van der Waals surface area (Å²) in [4.78, 5) is 25.7. The van der Waals surface area contributed by atoms with Crippen LogP contribution >= 0.6 is 11.6 Å². The average molecular weight is 391 g/mol. The summed E-state index contributed by atoms with van der Waals surface area (Å²) >= 11 is 6.15. The van der Waals surface area contributed by atoms with Crippen molar-refractivity contribution >= 4 is 45.0 Å². The molecule has 0 aliphatic carbocycles. The minimum absolute atomic E-state index is 0.0173. The van der Waals surface area contributed by atoms with Gasteiger partial charge in [-0.2, -0.15) is 0 Å². The highest BCUT2D eigenvalue weighted by molar-refractivity contribution is 6.31. The number of nitrogens with zero attached hydrogens (tertiary/aromatic N) is 1. The van der Waals surface area contributed by atoms with Crippen molar-refractivity contribution in [2.24, 2.45) is 0 Å². The summed E-state index contributed by atoms with van der Waals surface area (Å²) in [7, 11) is 0. The van der Waals surface area contributed by atoms with Gasteiger partial charge in [-0.25, -0.2) is 0 Å². The number of hydrogen-bond donors (Lipinski definition) is 1. The quantitative estimate of drug-likeness (QED) is 0.497. The molecule has 28 heavy (non-hydrogen) atoms. The highest BCUT2D eigenvalue weighted by atomic mass is 35.5. The van der Waals surface area contributed by atoms with Crippen LogP contribution in [0.15, 0.2) is 65.5 Å². The minimum Gasteiger partial charge on any atom is -0.331 e. The number of amides is 1. The molecule has 0 saturated heterocycles. The van der Waals surface area contributed by atoms with Gasteiger partial charge in [-0.15, -0.1) is 0 Å². The van der Waals surface area contributed by atoms with Crippen molar-refractivity contribution in [3.8, 4) is 0 Å². The first-order valence-corrected chi connectivity index (χ1v) is 9.40. The Labute approximate surface area is 167 Å². The molecule has 4 aromatic rings. The van der Waals surface area contributed by atoms with Crippen molar-refractivity contribution in [1.29, 1.82) is 0 Å². The number of para-hydroxylation sites is 1. The fourth-order valence-electron chi connectivity index (χ4n) is 3.43. The normalized spacial score (nSPS) is 11.1. The largest absolute Gasteiger partial charge is 0.331 e. The van der Waals surface area contributed by atoms with Gasteiger partial charge in [0.15, 0.2) is 5.43 Å². The Bertz CT molecular complexity index is 1290. The molecule has 5 heteroatoms. The van der Waals surface area contributed by atoms with E-state index in [0.29, 0.717) is 21.5 Å². The second kappa shape index (κ2) is 7.13. The molecule has 0 aliphatic heterocycles. The van der Waals surface area contributed by atoms with Gasteiger partial charge in [0.1, 0.15) is 6.54 Å². The third-order valence-corrected chi connectivity index (χ3v) is 5.29. The summed E-state index contributed by atoms with van der Waals surface area (Å²) in [5, 5.41) is 4.71. The first-order chi connectivity index (χ1) is 13.4. The summed E-state index contributed by atoms with van der Waals surface area (Å²) in [6.45, 7) is 3.95. The number of benzene rings is 3. The molecule has 0 radical (unpaired) electrons. The molecule has 0 bridgehead atoms. The summed E-state index contributed by atoms with van der Waals surface area (Å²) in [5.41, 5.74) is 4.06. The Kier molecular flexibility index (Phi) is 4.65. The van der Waals surface area contributed by atoms with Gasteiger partial charge in [0, 0.05) is 21.5 Å². The number of carbonyl (C=O) groups is 1. The van der Waals surface area contributed by atoms with Gasteiger partial charge in [0.05, 0.1) is 11.0 Å². The number of fused-ring (bicyclic) bond motifs is 2. The molecule has 0 spiro atoms. The van der Waals surface area contributed by atoms with Crippen molar-refractivity contribution in [2.75, 3.05) is 5.32 Å². The first kappa shape index (κ1) is 18.3. The number of hydrogen-bond acceptors (Lipinski definition) is 2. The van der Waals surface area contributed by atoms with E-state index in [9.17, 15) is 9.59 Å². The molecular formula is C23H19ClN2O2. The molecule has 1 N–H and O–H groups in total. The van der Waals surface area contributed by atoms with Gasteiger partial charge in [-0.05, 0) is 55.8 Å². The number of halogens is 1. The van der Waals surface area contributed by atoms with Crippen molar-refractivity contribution in [3.63, 3.8) is 0 Å². The highest BCUT2D eigenvalue weighted by Crippen LogP contribution is 2.22. The van der Waals surface area contributed by atoms with E-state index in [2.05, 4.69) is 5.32 Å². The Morgan fingerprint density at radius 3 is 2.50 bits per heavy atom. The molecular weight excluding hydrogens is 372 g/mol. The van der Waals surface area contributed by atoms with Crippen molar-refractivity contribution < 1.29 is 4.79 Å². The predicted octanol–water partition coefficient (Wildman–Crippen LogP) is 5.06. The predicted molar refractivity (Wildman–Crippen MR) is 115 cm³/mol. The number of carbonyl (C=O) groups excluding carboxylic acids is 1. The van der Waals surface area contributed by atoms with Crippen LogP contribution in [0.2, 0.25) is 5.02 Å². The van der Waals surface area contributed by atoms with Crippen LogP contribution < -0.4 is 10.7 Å². The molecule has 4 nitrogen and oxygen atoms in total. The number of anilines is 1. The van der Waals surface area contributed by atoms with Gasteiger partial charge in [-0.1, -0.05) is 41.4 Å². The lowest BCUT2D eigenvalue weighted by Gasteiger charge is -2.15. The van der Waals surface area contributed by atoms with E-state index < -0.39 is 0 Å². The van der Waals surface area contributed by atoms with Gasteiger partial charge in [0.25, 0.3) is 0 Å². The van der Waals surface area contributed by atoms with Crippen molar-refractivity contribution in [2.45, 2.75) is 20.4 Å². The van der Waals surface area contributed by atoms with Gasteiger partial charge >= 0.3 is 0 Å². The molecule has 4 rings (SSSR count). The SMILES string of the molecule is Cc1ccc2c(c1)c(=O)c1ccccc1n2CC(=O)Nc1ccc(C)c(Cl)c1. The number of aryl methyl sites for hydroxylation is 2. The van der Waals surface area contributed by atoms with Crippen LogP contribution in [0.3, 0.4) is 0 Å². The zero-order chi connectivity index (χ0) is 19.8. The maximum Gasteiger partial charge on any atom is 0.244 e. The van der Waals surface area contributed by atoms with Crippen LogP contribution in [0, 0.1) is 13.8 Å². The van der Waals surface area contributed by atoms with E-state index in [0.717, 1.165) is 22.2 Å². The standard InChI is InChI=1S/C23H19ClN2O2/c1-14-7-10-21-18(11-14)23(28)17-5-3-4-6-20(17)26(21)13-22(27)25-16-9-8-15(2)19(24)12-16/h3-12H,13H2,1-2H3,(H,25,27). The smallest absolute Gasteiger partial charge is 0.244 e. The summed E-state index contributed by atoms with van der Waals surface area (Å²) in [6, 6.07) is 18.5. The molecule has 0 fully saturated rings. The molecule has 0 aliphatic rings. The summed E-state index contributed by atoms with van der Waals surface area (Å²) in [6.07, 6.45) is 0. The number of nitrogens with one attached hydrogen (secondary N) is 1. The average Bonchev–Trinajstić information content (AvgIpc) is 2.68. The molecule has 1 amide bonds. The molecule has 3 aromatic carbocycles. The maximum absolute atomic E-state index is 12.9. The molecule has 0 saturated carbocycles. The third kappa shape index (κ3) is 3.27. The maximum atomic E-state index is 12.9. The van der Waals surface area contributed by atoms with E-state index >= 15 is 0 Å². The number of pyridine rings is 1. The Balaban J connectivity index is 1.80. The van der Waals surface area contributed by atoms with Gasteiger partial charge in [0.2, 0.25) is 5.91 Å². The third-order valence-electron chi connectivity index (χ3n) is 4.88. The second-order valence-electron chi connectivity index (χ2n) is 6.97. The van der Waals surface area contributed by atoms with E-state index in [-0.39, 0.29) is 17.9 Å². The van der Waals surface area contributed by atoms with Gasteiger partial charge < -0.3 is 9.88 Å². The molecule has 140 valence electrons. The van der Waals surface area contributed by atoms with E-state index in [1.807, 2.05) is 66.9 Å². The van der Waals surface area contributed by atoms with Crippen LogP contribution in [0.5, 0.6) is 0 Å². The van der Waals surface area contributed by atoms with Crippen LogP contribution in [-0.2, 0) is 11.3 Å². The Morgan fingerprint density at radius 1 is 0.964 bits per heavy atom.